The fourth-order valence-electron chi connectivity index (χ4n) is 7.48. The van der Waals surface area contributed by atoms with E-state index in [-0.39, 0.29) is 6.23 Å². The van der Waals surface area contributed by atoms with E-state index in [1.165, 1.54) is 70.3 Å². The zero-order valence-electron chi connectivity index (χ0n) is 24.5. The highest BCUT2D eigenvalue weighted by molar-refractivity contribution is 7.25. The van der Waals surface area contributed by atoms with E-state index in [2.05, 4.69) is 143 Å². The Hall–Kier alpha value is -5.32. The molecule has 2 aromatic heterocycles. The van der Waals surface area contributed by atoms with Crippen LogP contribution in [0.15, 0.2) is 133 Å². The summed E-state index contributed by atoms with van der Waals surface area (Å²) in [5.74, 6) is 0.955. The summed E-state index contributed by atoms with van der Waals surface area (Å²) in [6.07, 6.45) is 1.88. The SMILES string of the molecule is c1ccc(-n2c3c(c4ccc(-c5ccc(C6Nc7ccc8sc9ccccc9c8c7O6)cc5)cc42)-c2ccccc2CC3)cc1. The highest BCUT2D eigenvalue weighted by Gasteiger charge is 2.28. The third-order valence-electron chi connectivity index (χ3n) is 9.56. The van der Waals surface area contributed by atoms with E-state index in [0.29, 0.717) is 0 Å². The Kier molecular flexibility index (Phi) is 5.34. The van der Waals surface area contributed by atoms with Gasteiger partial charge in [-0.2, -0.15) is 0 Å². The second-order valence-electron chi connectivity index (χ2n) is 12.1. The first-order valence-corrected chi connectivity index (χ1v) is 16.4. The fourth-order valence-corrected chi connectivity index (χ4v) is 8.58. The van der Waals surface area contributed by atoms with Crippen LogP contribution in [-0.4, -0.2) is 4.57 Å². The number of nitrogens with one attached hydrogen (secondary N) is 1. The summed E-state index contributed by atoms with van der Waals surface area (Å²) in [5.41, 5.74) is 12.6. The summed E-state index contributed by atoms with van der Waals surface area (Å²) in [7, 11) is 0. The molecule has 0 saturated carbocycles. The van der Waals surface area contributed by atoms with E-state index in [1.54, 1.807) is 0 Å². The van der Waals surface area contributed by atoms with Gasteiger partial charge < -0.3 is 14.6 Å². The number of anilines is 1. The Morgan fingerprint density at radius 2 is 1.47 bits per heavy atom. The molecule has 1 unspecified atom stereocenters. The van der Waals surface area contributed by atoms with Gasteiger partial charge in [-0.05, 0) is 71.5 Å². The lowest BCUT2D eigenvalue weighted by Crippen LogP contribution is -2.09. The lowest BCUT2D eigenvalue weighted by molar-refractivity contribution is 0.263. The Morgan fingerprint density at radius 3 is 2.38 bits per heavy atom. The van der Waals surface area contributed by atoms with Gasteiger partial charge in [0.25, 0.3) is 0 Å². The number of rotatable bonds is 3. The van der Waals surface area contributed by atoms with Crippen molar-refractivity contribution >= 4 is 48.1 Å². The van der Waals surface area contributed by atoms with Gasteiger partial charge in [0.15, 0.2) is 12.0 Å². The van der Waals surface area contributed by atoms with Crippen LogP contribution in [0.1, 0.15) is 23.0 Å². The quantitative estimate of drug-likeness (QED) is 0.220. The van der Waals surface area contributed by atoms with Crippen LogP contribution >= 0.6 is 11.3 Å². The van der Waals surface area contributed by atoms with Crippen LogP contribution in [0.5, 0.6) is 5.75 Å². The first-order valence-electron chi connectivity index (χ1n) is 15.6. The second-order valence-corrected chi connectivity index (χ2v) is 13.1. The number of fused-ring (bicyclic) bond motifs is 10. The predicted octanol–water partition coefficient (Wildman–Crippen LogP) is 10.9. The predicted molar refractivity (Wildman–Crippen MR) is 188 cm³/mol. The van der Waals surface area contributed by atoms with Crippen LogP contribution in [-0.2, 0) is 12.8 Å². The van der Waals surface area contributed by atoms with Crippen molar-refractivity contribution in [2.45, 2.75) is 19.1 Å². The molecular weight excluding hydrogens is 569 g/mol. The van der Waals surface area contributed by atoms with Gasteiger partial charge >= 0.3 is 0 Å². The van der Waals surface area contributed by atoms with Gasteiger partial charge in [0.2, 0.25) is 0 Å². The van der Waals surface area contributed by atoms with Crippen molar-refractivity contribution in [2.75, 3.05) is 5.32 Å². The Morgan fingerprint density at radius 1 is 0.667 bits per heavy atom. The molecule has 3 nitrogen and oxygen atoms in total. The van der Waals surface area contributed by atoms with Crippen molar-refractivity contribution in [2.24, 2.45) is 0 Å². The minimum absolute atomic E-state index is 0.220. The van der Waals surface area contributed by atoms with E-state index in [1.807, 2.05) is 11.3 Å². The molecule has 0 spiro atoms. The summed E-state index contributed by atoms with van der Waals surface area (Å²) in [4.78, 5) is 0. The first-order chi connectivity index (χ1) is 22.3. The number of hydrogen-bond acceptors (Lipinski definition) is 3. The summed E-state index contributed by atoms with van der Waals surface area (Å²) >= 11 is 1.82. The average Bonchev–Trinajstić information content (AvgIpc) is 3.80. The molecule has 45 heavy (non-hydrogen) atoms. The van der Waals surface area contributed by atoms with Crippen molar-refractivity contribution < 1.29 is 4.74 Å². The standard InChI is InChI=1S/C41H28N2OS/c1-2-9-29(10-3-1)43-34-22-19-26-8-4-5-11-30(26)38(34)31-20-18-28(24-35(31)43)25-14-16-27(17-15-25)41-42-33-21-23-37-39(40(33)44-41)32-12-6-7-13-36(32)45-37/h1-18,20-21,23-24,41-42H,19,22H2. The highest BCUT2D eigenvalue weighted by atomic mass is 32.1. The van der Waals surface area contributed by atoms with Gasteiger partial charge in [-0.1, -0.05) is 97.1 Å². The van der Waals surface area contributed by atoms with Gasteiger partial charge in [-0.3, -0.25) is 0 Å². The number of ether oxygens (including phenoxy) is 1. The van der Waals surface area contributed by atoms with Crippen LogP contribution in [0.25, 0.3) is 59.0 Å². The number of benzene rings is 6. The van der Waals surface area contributed by atoms with Crippen LogP contribution in [0.3, 0.4) is 0 Å². The minimum atomic E-state index is -0.220. The number of aryl methyl sites for hydroxylation is 1. The molecule has 0 radical (unpaired) electrons. The molecule has 8 aromatic rings. The number of para-hydroxylation sites is 1. The van der Waals surface area contributed by atoms with Gasteiger partial charge in [0.1, 0.15) is 0 Å². The number of nitrogens with zero attached hydrogens (tertiary/aromatic N) is 1. The highest BCUT2D eigenvalue weighted by Crippen LogP contribution is 2.49. The van der Waals surface area contributed by atoms with Crippen molar-refractivity contribution in [3.8, 4) is 33.7 Å². The summed E-state index contributed by atoms with van der Waals surface area (Å²) < 4.78 is 11.6. The van der Waals surface area contributed by atoms with Crippen molar-refractivity contribution in [1.82, 2.24) is 4.57 Å². The lowest BCUT2D eigenvalue weighted by Gasteiger charge is -2.19. The second kappa shape index (κ2) is 9.59. The minimum Gasteiger partial charge on any atom is -0.464 e. The van der Waals surface area contributed by atoms with Gasteiger partial charge in [-0.25, -0.2) is 0 Å². The van der Waals surface area contributed by atoms with E-state index < -0.39 is 0 Å². The molecule has 1 atom stereocenters. The number of hydrogen-bond donors (Lipinski definition) is 1. The first kappa shape index (κ1) is 25.1. The molecule has 0 fully saturated rings. The summed E-state index contributed by atoms with van der Waals surface area (Å²) in [6.45, 7) is 0. The largest absolute Gasteiger partial charge is 0.464 e. The Balaban J connectivity index is 1.04. The molecule has 10 rings (SSSR count). The molecule has 1 aliphatic carbocycles. The van der Waals surface area contributed by atoms with Gasteiger partial charge in [0, 0.05) is 48.1 Å². The number of thiophene rings is 1. The topological polar surface area (TPSA) is 26.2 Å². The van der Waals surface area contributed by atoms with E-state index in [9.17, 15) is 0 Å². The fraction of sp³-hybridized carbons (Fsp3) is 0.0732. The molecule has 2 aliphatic rings. The average molecular weight is 597 g/mol. The smallest absolute Gasteiger partial charge is 0.196 e. The number of aromatic nitrogens is 1. The summed E-state index contributed by atoms with van der Waals surface area (Å²) in [5, 5.41) is 7.40. The molecule has 3 heterocycles. The lowest BCUT2D eigenvalue weighted by atomic mass is 9.88. The molecule has 1 N–H and O–H groups in total. The third kappa shape index (κ3) is 3.76. The molecule has 4 heteroatoms. The maximum Gasteiger partial charge on any atom is 0.196 e. The van der Waals surface area contributed by atoms with E-state index in [4.69, 9.17) is 4.74 Å². The third-order valence-corrected chi connectivity index (χ3v) is 10.7. The molecule has 0 bridgehead atoms. The van der Waals surface area contributed by atoms with Crippen molar-refractivity contribution in [3.63, 3.8) is 0 Å². The van der Waals surface area contributed by atoms with Crippen LogP contribution < -0.4 is 10.1 Å². The molecule has 0 saturated heterocycles. The van der Waals surface area contributed by atoms with Crippen LogP contribution in [0.2, 0.25) is 0 Å². The normalized spacial score (nSPS) is 15.1. The van der Waals surface area contributed by atoms with Gasteiger partial charge in [-0.15, -0.1) is 11.3 Å². The molecule has 1 aliphatic heterocycles. The molecule has 6 aromatic carbocycles. The van der Waals surface area contributed by atoms with Crippen molar-refractivity contribution in [3.05, 3.63) is 150 Å². The van der Waals surface area contributed by atoms with Crippen molar-refractivity contribution in [1.29, 1.82) is 0 Å². The summed E-state index contributed by atoms with van der Waals surface area (Å²) in [6, 6.07) is 48.5. The van der Waals surface area contributed by atoms with E-state index in [0.717, 1.165) is 29.8 Å². The molecule has 0 amide bonds. The zero-order chi connectivity index (χ0) is 29.5. The zero-order valence-corrected chi connectivity index (χ0v) is 25.3. The Bertz CT molecular complexity index is 2440. The van der Waals surface area contributed by atoms with E-state index >= 15 is 0 Å². The molecule has 214 valence electrons. The maximum atomic E-state index is 6.61. The molecular formula is C41H28N2OS. The maximum absolute atomic E-state index is 6.61. The van der Waals surface area contributed by atoms with Gasteiger partial charge in [0.05, 0.1) is 11.2 Å². The van der Waals surface area contributed by atoms with Crippen LogP contribution in [0, 0.1) is 0 Å². The van der Waals surface area contributed by atoms with Crippen LogP contribution in [0.4, 0.5) is 5.69 Å². The monoisotopic (exact) mass is 596 g/mol. The Labute approximate surface area is 265 Å².